The van der Waals surface area contributed by atoms with Gasteiger partial charge in [-0.2, -0.15) is 0 Å². The summed E-state index contributed by atoms with van der Waals surface area (Å²) in [6.45, 7) is 0. The quantitative estimate of drug-likeness (QED) is 0.655. The first-order valence-corrected chi connectivity index (χ1v) is 7.63. The van der Waals surface area contributed by atoms with E-state index in [0.29, 0.717) is 0 Å². The Labute approximate surface area is 125 Å². The van der Waals surface area contributed by atoms with Gasteiger partial charge in [-0.25, -0.2) is 0 Å². The van der Waals surface area contributed by atoms with E-state index in [1.807, 2.05) is 18.2 Å². The summed E-state index contributed by atoms with van der Waals surface area (Å²) < 4.78 is 5.84. The zero-order valence-corrected chi connectivity index (χ0v) is 12.5. The molecule has 0 bridgehead atoms. The molecule has 0 spiro atoms. The van der Waals surface area contributed by atoms with Gasteiger partial charge in [0.1, 0.15) is 0 Å². The van der Waals surface area contributed by atoms with Gasteiger partial charge in [0, 0.05) is 24.6 Å². The van der Waals surface area contributed by atoms with Crippen LogP contribution in [0.15, 0.2) is 36.4 Å². The topological polar surface area (TPSA) is 60.2 Å². The number of nitrogens with zero attached hydrogens (tertiary/aromatic N) is 1. The van der Waals surface area contributed by atoms with Crippen LogP contribution < -0.4 is 11.3 Å². The number of hydrogen-bond acceptors (Lipinski definition) is 4. The van der Waals surface area contributed by atoms with E-state index in [0.717, 1.165) is 30.5 Å². The lowest BCUT2D eigenvalue weighted by Crippen LogP contribution is -2.54. The maximum Gasteiger partial charge on any atom is 0.0848 e. The van der Waals surface area contributed by atoms with Crippen molar-refractivity contribution in [3.63, 3.8) is 0 Å². The average molecular weight is 285 g/mol. The van der Waals surface area contributed by atoms with Crippen LogP contribution in [0, 0.1) is 0 Å². The van der Waals surface area contributed by atoms with Crippen LogP contribution in [0.25, 0.3) is 10.9 Å². The Morgan fingerprint density at radius 3 is 2.71 bits per heavy atom. The van der Waals surface area contributed by atoms with E-state index >= 15 is 0 Å². The zero-order valence-electron chi connectivity index (χ0n) is 12.5. The summed E-state index contributed by atoms with van der Waals surface area (Å²) in [5.74, 6) is 5.82. The van der Waals surface area contributed by atoms with Gasteiger partial charge in [0.15, 0.2) is 0 Å². The molecule has 0 saturated heterocycles. The van der Waals surface area contributed by atoms with E-state index in [1.165, 1.54) is 18.2 Å². The first kappa shape index (κ1) is 14.4. The number of rotatable bonds is 5. The maximum atomic E-state index is 5.84. The van der Waals surface area contributed by atoms with Gasteiger partial charge >= 0.3 is 0 Å². The van der Waals surface area contributed by atoms with E-state index in [-0.39, 0.29) is 11.6 Å². The van der Waals surface area contributed by atoms with Gasteiger partial charge in [-0.3, -0.25) is 16.3 Å². The predicted octanol–water partition coefficient (Wildman–Crippen LogP) is 2.57. The first-order valence-electron chi connectivity index (χ1n) is 7.63. The molecule has 1 saturated carbocycles. The minimum Gasteiger partial charge on any atom is -0.377 e. The molecule has 1 unspecified atom stereocenters. The Hall–Kier alpha value is -1.49. The Balaban J connectivity index is 1.85. The summed E-state index contributed by atoms with van der Waals surface area (Å²) in [4.78, 5) is 4.75. The number of methoxy groups -OCH3 is 1. The van der Waals surface area contributed by atoms with Gasteiger partial charge in [-0.1, -0.05) is 37.1 Å². The molecule has 1 atom stereocenters. The van der Waals surface area contributed by atoms with Crippen LogP contribution in [0.3, 0.4) is 0 Å². The molecule has 112 valence electrons. The lowest BCUT2D eigenvalue weighted by atomic mass is 9.89. The Morgan fingerprint density at radius 1 is 1.24 bits per heavy atom. The highest BCUT2D eigenvalue weighted by atomic mass is 16.5. The normalized spacial score (nSPS) is 19.0. The van der Waals surface area contributed by atoms with Gasteiger partial charge < -0.3 is 4.74 Å². The molecule has 1 aromatic carbocycles. The number of fused-ring (bicyclic) bond motifs is 1. The number of ether oxygens (including phenoxy) is 1. The number of hydrazine groups is 1. The highest BCUT2D eigenvalue weighted by molar-refractivity contribution is 5.78. The fraction of sp³-hybridized carbons (Fsp3) is 0.471. The number of hydrogen-bond donors (Lipinski definition) is 2. The second-order valence-electron chi connectivity index (χ2n) is 5.89. The van der Waals surface area contributed by atoms with Crippen LogP contribution >= 0.6 is 0 Å². The summed E-state index contributed by atoms with van der Waals surface area (Å²) in [6, 6.07) is 12.5. The van der Waals surface area contributed by atoms with Crippen molar-refractivity contribution in [3.05, 3.63) is 42.1 Å². The van der Waals surface area contributed by atoms with Gasteiger partial charge in [-0.05, 0) is 25.0 Å². The van der Waals surface area contributed by atoms with Crippen LogP contribution in [0.2, 0.25) is 0 Å². The standard InChI is InChI=1S/C17H23N3O/c1-21-17(10-4-5-11-17)16(20-18)12-14-9-8-13-6-2-3-7-15(13)19-14/h2-3,6-9,16,20H,4-5,10-12,18H2,1H3. The average Bonchev–Trinajstić information content (AvgIpc) is 3.02. The molecule has 1 aromatic heterocycles. The van der Waals surface area contributed by atoms with Crippen LogP contribution in [-0.2, 0) is 11.2 Å². The third-order valence-electron chi connectivity index (χ3n) is 4.76. The molecule has 1 fully saturated rings. The predicted molar refractivity (Wildman–Crippen MR) is 84.8 cm³/mol. The summed E-state index contributed by atoms with van der Waals surface area (Å²) >= 11 is 0. The maximum absolute atomic E-state index is 5.84. The van der Waals surface area contributed by atoms with Gasteiger partial charge in [0.2, 0.25) is 0 Å². The van der Waals surface area contributed by atoms with Crippen molar-refractivity contribution in [3.8, 4) is 0 Å². The third kappa shape index (κ3) is 2.79. The lowest BCUT2D eigenvalue weighted by molar-refractivity contribution is -0.0357. The molecule has 3 rings (SSSR count). The van der Waals surface area contributed by atoms with Crippen molar-refractivity contribution in [2.24, 2.45) is 5.84 Å². The van der Waals surface area contributed by atoms with E-state index in [1.54, 1.807) is 7.11 Å². The fourth-order valence-corrected chi connectivity index (χ4v) is 3.50. The van der Waals surface area contributed by atoms with E-state index in [4.69, 9.17) is 15.6 Å². The molecule has 3 N–H and O–H groups in total. The lowest BCUT2D eigenvalue weighted by Gasteiger charge is -2.35. The zero-order chi connectivity index (χ0) is 14.7. The number of benzene rings is 1. The Kier molecular flexibility index (Phi) is 4.19. The highest BCUT2D eigenvalue weighted by Gasteiger charge is 2.41. The molecule has 21 heavy (non-hydrogen) atoms. The molecule has 2 aromatic rings. The summed E-state index contributed by atoms with van der Waals surface area (Å²) in [6.07, 6.45) is 5.32. The molecule has 4 nitrogen and oxygen atoms in total. The highest BCUT2D eigenvalue weighted by Crippen LogP contribution is 2.36. The second-order valence-corrected chi connectivity index (χ2v) is 5.89. The minimum absolute atomic E-state index is 0.0960. The summed E-state index contributed by atoms with van der Waals surface area (Å²) in [5.41, 5.74) is 4.90. The Bertz CT molecular complexity index is 608. The van der Waals surface area contributed by atoms with Crippen molar-refractivity contribution >= 4 is 10.9 Å². The van der Waals surface area contributed by atoms with Crippen molar-refractivity contribution < 1.29 is 4.74 Å². The molecule has 1 heterocycles. The molecule has 0 amide bonds. The number of para-hydroxylation sites is 1. The number of pyridine rings is 1. The number of nitrogens with one attached hydrogen (secondary N) is 1. The van der Waals surface area contributed by atoms with Crippen molar-refractivity contribution in [1.82, 2.24) is 10.4 Å². The van der Waals surface area contributed by atoms with E-state index < -0.39 is 0 Å². The monoisotopic (exact) mass is 285 g/mol. The molecule has 1 aliphatic rings. The van der Waals surface area contributed by atoms with Crippen LogP contribution in [-0.4, -0.2) is 23.7 Å². The van der Waals surface area contributed by atoms with Gasteiger partial charge in [-0.15, -0.1) is 0 Å². The molecule has 0 aliphatic heterocycles. The third-order valence-corrected chi connectivity index (χ3v) is 4.76. The van der Waals surface area contributed by atoms with E-state index in [9.17, 15) is 0 Å². The second kappa shape index (κ2) is 6.10. The van der Waals surface area contributed by atoms with Crippen molar-refractivity contribution in [2.75, 3.05) is 7.11 Å². The summed E-state index contributed by atoms with van der Waals surface area (Å²) in [7, 11) is 1.80. The molecule has 0 radical (unpaired) electrons. The van der Waals surface area contributed by atoms with E-state index in [2.05, 4.69) is 23.6 Å². The molecule has 4 heteroatoms. The fourth-order valence-electron chi connectivity index (χ4n) is 3.50. The molecule has 1 aliphatic carbocycles. The van der Waals surface area contributed by atoms with Gasteiger partial charge in [0.05, 0.1) is 17.2 Å². The number of aromatic nitrogens is 1. The van der Waals surface area contributed by atoms with Crippen LogP contribution in [0.1, 0.15) is 31.4 Å². The SMILES string of the molecule is COC1(C(Cc2ccc3ccccc3n2)NN)CCCC1. The first-order chi connectivity index (χ1) is 10.3. The van der Waals surface area contributed by atoms with Crippen molar-refractivity contribution in [2.45, 2.75) is 43.7 Å². The van der Waals surface area contributed by atoms with Crippen LogP contribution in [0.4, 0.5) is 0 Å². The molecular weight excluding hydrogens is 262 g/mol. The van der Waals surface area contributed by atoms with Crippen molar-refractivity contribution in [1.29, 1.82) is 0 Å². The van der Waals surface area contributed by atoms with Gasteiger partial charge in [0.25, 0.3) is 0 Å². The largest absolute Gasteiger partial charge is 0.377 e. The summed E-state index contributed by atoms with van der Waals surface area (Å²) in [5, 5.41) is 1.17. The minimum atomic E-state index is -0.151. The number of nitrogens with two attached hydrogens (primary N) is 1. The van der Waals surface area contributed by atoms with Crippen LogP contribution in [0.5, 0.6) is 0 Å². The smallest absolute Gasteiger partial charge is 0.0848 e. The molecular formula is C17H23N3O. The Morgan fingerprint density at radius 2 is 2.00 bits per heavy atom.